The molecule has 0 bridgehead atoms. The van der Waals surface area contributed by atoms with Crippen molar-refractivity contribution in [1.82, 2.24) is 5.43 Å². The predicted octanol–water partition coefficient (Wildman–Crippen LogP) is 3.93. The van der Waals surface area contributed by atoms with Crippen LogP contribution in [0.5, 0.6) is 0 Å². The van der Waals surface area contributed by atoms with Gasteiger partial charge in [0.1, 0.15) is 0 Å². The van der Waals surface area contributed by atoms with Crippen molar-refractivity contribution in [3.05, 3.63) is 52.4 Å². The minimum Gasteiger partial charge on any atom is -0.444 e. The fraction of sp³-hybridized carbons (Fsp3) is 0.278. The van der Waals surface area contributed by atoms with Crippen LogP contribution in [0, 0.1) is 5.92 Å². The summed E-state index contributed by atoms with van der Waals surface area (Å²) in [5.41, 5.74) is 4.71. The number of furan rings is 1. The highest BCUT2D eigenvalue weighted by atomic mass is 79.9. The lowest BCUT2D eigenvalue weighted by Crippen LogP contribution is -2.28. The Morgan fingerprint density at radius 3 is 2.44 bits per heavy atom. The number of hydrazone groups is 1. The molecule has 0 unspecified atom stereocenters. The van der Waals surface area contributed by atoms with Crippen LogP contribution >= 0.6 is 15.9 Å². The van der Waals surface area contributed by atoms with Crippen molar-refractivity contribution in [3.63, 3.8) is 0 Å². The maximum Gasteiger partial charge on any atom is 0.307 e. The number of carbonyl (C=O) groups is 2. The number of hydrogen-bond donors (Lipinski definition) is 2. The summed E-state index contributed by atoms with van der Waals surface area (Å²) >= 11 is 3.15. The molecule has 0 aliphatic heterocycles. The van der Waals surface area contributed by atoms with Crippen LogP contribution in [0.3, 0.4) is 0 Å². The summed E-state index contributed by atoms with van der Waals surface area (Å²) in [5.74, 6) is -0.00648. The number of nitrogens with one attached hydrogen (secondary N) is 2. The van der Waals surface area contributed by atoms with Crippen LogP contribution < -0.4 is 10.7 Å². The van der Waals surface area contributed by atoms with E-state index in [2.05, 4.69) is 31.8 Å². The topological polar surface area (TPSA) is 83.7 Å². The number of halogens is 1. The summed E-state index contributed by atoms with van der Waals surface area (Å²) in [5, 5.41) is 6.99. The average Bonchev–Trinajstić information content (AvgIpc) is 2.98. The first-order chi connectivity index (χ1) is 12.0. The van der Waals surface area contributed by atoms with Crippen LogP contribution in [0.15, 0.2) is 50.6 Å². The lowest BCUT2D eigenvalue weighted by atomic mass is 9.85. The zero-order valence-corrected chi connectivity index (χ0v) is 15.3. The minimum absolute atomic E-state index is 0.0845. The molecule has 25 heavy (non-hydrogen) atoms. The summed E-state index contributed by atoms with van der Waals surface area (Å²) in [6.07, 6.45) is 3.08. The number of rotatable bonds is 5. The first-order valence-electron chi connectivity index (χ1n) is 8.04. The maximum atomic E-state index is 11.9. The van der Waals surface area contributed by atoms with E-state index >= 15 is 0 Å². The highest BCUT2D eigenvalue weighted by molar-refractivity contribution is 9.10. The van der Waals surface area contributed by atoms with E-state index in [-0.39, 0.29) is 17.6 Å². The number of carbonyl (C=O) groups excluding carboxylic acids is 2. The number of anilines is 1. The molecule has 1 aliphatic carbocycles. The third-order valence-corrected chi connectivity index (χ3v) is 4.59. The molecule has 7 heteroatoms. The van der Waals surface area contributed by atoms with Crippen LogP contribution in [-0.2, 0) is 4.79 Å². The summed E-state index contributed by atoms with van der Waals surface area (Å²) < 4.78 is 5.65. The minimum atomic E-state index is -0.422. The molecule has 1 saturated carbocycles. The molecule has 2 N–H and O–H groups in total. The second-order valence-corrected chi connectivity index (χ2v) is 6.72. The van der Waals surface area contributed by atoms with Gasteiger partial charge in [-0.3, -0.25) is 9.59 Å². The summed E-state index contributed by atoms with van der Waals surface area (Å²) in [6.45, 7) is 1.79. The summed E-state index contributed by atoms with van der Waals surface area (Å²) in [4.78, 5) is 23.8. The van der Waals surface area contributed by atoms with E-state index in [1.807, 2.05) is 24.3 Å². The number of benzene rings is 1. The van der Waals surface area contributed by atoms with Gasteiger partial charge in [-0.25, -0.2) is 5.43 Å². The normalized spacial score (nSPS) is 14.7. The molecule has 1 heterocycles. The van der Waals surface area contributed by atoms with Gasteiger partial charge in [0.2, 0.25) is 5.91 Å². The Kier molecular flexibility index (Phi) is 5.33. The lowest BCUT2D eigenvalue weighted by molar-refractivity contribution is -0.122. The van der Waals surface area contributed by atoms with E-state index < -0.39 is 5.91 Å². The molecule has 0 spiro atoms. The van der Waals surface area contributed by atoms with E-state index in [9.17, 15) is 9.59 Å². The van der Waals surface area contributed by atoms with Crippen LogP contribution in [-0.4, -0.2) is 17.5 Å². The highest BCUT2D eigenvalue weighted by Crippen LogP contribution is 2.27. The lowest BCUT2D eigenvalue weighted by Gasteiger charge is -2.24. The second kappa shape index (κ2) is 7.65. The van der Waals surface area contributed by atoms with Crippen LogP contribution in [0.2, 0.25) is 0 Å². The molecule has 1 fully saturated rings. The van der Waals surface area contributed by atoms with E-state index in [1.165, 1.54) is 0 Å². The van der Waals surface area contributed by atoms with Crippen LogP contribution in [0.25, 0.3) is 0 Å². The first kappa shape index (κ1) is 17.4. The number of hydrogen-bond acceptors (Lipinski definition) is 4. The number of amides is 2. The zero-order valence-electron chi connectivity index (χ0n) is 13.7. The van der Waals surface area contributed by atoms with Crippen LogP contribution in [0.1, 0.15) is 42.3 Å². The monoisotopic (exact) mass is 403 g/mol. The van der Waals surface area contributed by atoms with Gasteiger partial charge in [0.25, 0.3) is 0 Å². The number of nitrogens with zero attached hydrogens (tertiary/aromatic N) is 1. The Balaban J connectivity index is 1.58. The Bertz CT molecular complexity index is 807. The van der Waals surface area contributed by atoms with E-state index in [0.29, 0.717) is 10.4 Å². The van der Waals surface area contributed by atoms with Crippen molar-refractivity contribution in [2.24, 2.45) is 11.0 Å². The first-order valence-corrected chi connectivity index (χ1v) is 8.83. The van der Waals surface area contributed by atoms with Crippen molar-refractivity contribution in [2.75, 3.05) is 5.32 Å². The predicted molar refractivity (Wildman–Crippen MR) is 98.5 cm³/mol. The SMILES string of the molecule is CC(=NNC(=O)c1ccc(Br)o1)c1ccc(NC(=O)C2CCC2)cc1. The molecule has 3 rings (SSSR count). The molecule has 1 aromatic carbocycles. The average molecular weight is 404 g/mol. The fourth-order valence-electron chi connectivity index (χ4n) is 2.40. The molecule has 2 amide bonds. The molecule has 6 nitrogen and oxygen atoms in total. The van der Waals surface area contributed by atoms with Crippen molar-refractivity contribution in [2.45, 2.75) is 26.2 Å². The van der Waals surface area contributed by atoms with Crippen molar-refractivity contribution >= 4 is 39.1 Å². The van der Waals surface area contributed by atoms with E-state index in [4.69, 9.17) is 4.42 Å². The molecular formula is C18H18BrN3O3. The maximum absolute atomic E-state index is 11.9. The summed E-state index contributed by atoms with van der Waals surface area (Å²) in [6, 6.07) is 10.6. The van der Waals surface area contributed by atoms with Gasteiger partial charge in [-0.2, -0.15) is 5.10 Å². The van der Waals surface area contributed by atoms with E-state index in [1.54, 1.807) is 19.1 Å². The Morgan fingerprint density at radius 1 is 1.16 bits per heavy atom. The third-order valence-electron chi connectivity index (χ3n) is 4.17. The third kappa shape index (κ3) is 4.36. The summed E-state index contributed by atoms with van der Waals surface area (Å²) in [7, 11) is 0. The van der Waals surface area contributed by atoms with Gasteiger partial charge >= 0.3 is 5.91 Å². The van der Waals surface area contributed by atoms with Crippen LogP contribution in [0.4, 0.5) is 5.69 Å². The quantitative estimate of drug-likeness (QED) is 0.585. The Morgan fingerprint density at radius 2 is 1.88 bits per heavy atom. The Labute approximate surface area is 153 Å². The van der Waals surface area contributed by atoms with E-state index in [0.717, 1.165) is 30.5 Å². The van der Waals surface area contributed by atoms with Crippen molar-refractivity contribution < 1.29 is 14.0 Å². The smallest absolute Gasteiger partial charge is 0.307 e. The van der Waals surface area contributed by atoms with Gasteiger partial charge in [0.05, 0.1) is 5.71 Å². The standard InChI is InChI=1S/C18H18BrN3O3/c1-11(21-22-18(24)15-9-10-16(19)25-15)12-5-7-14(8-6-12)20-17(23)13-3-2-4-13/h5-10,13H,2-4H2,1H3,(H,20,23)(H,22,24). The molecule has 0 radical (unpaired) electrons. The van der Waals surface area contributed by atoms with Gasteiger partial charge in [-0.05, 0) is 65.5 Å². The van der Waals surface area contributed by atoms with Gasteiger partial charge in [-0.15, -0.1) is 0 Å². The second-order valence-electron chi connectivity index (χ2n) is 5.94. The molecule has 0 atom stereocenters. The molecule has 130 valence electrons. The molecular weight excluding hydrogens is 386 g/mol. The Hall–Kier alpha value is -2.41. The molecule has 2 aromatic rings. The largest absolute Gasteiger partial charge is 0.444 e. The van der Waals surface area contributed by atoms with Crippen molar-refractivity contribution in [1.29, 1.82) is 0 Å². The van der Waals surface area contributed by atoms with Crippen molar-refractivity contribution in [3.8, 4) is 0 Å². The van der Waals surface area contributed by atoms with Gasteiger partial charge in [0, 0.05) is 11.6 Å². The highest BCUT2D eigenvalue weighted by Gasteiger charge is 2.25. The molecule has 1 aromatic heterocycles. The zero-order chi connectivity index (χ0) is 17.8. The van der Waals surface area contributed by atoms with Gasteiger partial charge in [0.15, 0.2) is 10.4 Å². The molecule has 1 aliphatic rings. The molecule has 0 saturated heterocycles. The fourth-order valence-corrected chi connectivity index (χ4v) is 2.71. The van der Waals surface area contributed by atoms with Gasteiger partial charge < -0.3 is 9.73 Å². The van der Waals surface area contributed by atoms with Gasteiger partial charge in [-0.1, -0.05) is 18.6 Å².